The summed E-state index contributed by atoms with van der Waals surface area (Å²) in [6, 6.07) is 0. The van der Waals surface area contributed by atoms with Crippen LogP contribution in [0.25, 0.3) is 0 Å². The molecule has 4 rings (SSSR count). The fourth-order valence-corrected chi connectivity index (χ4v) is 14.4. The fraction of sp³-hybridized carbons (Fsp3) is 0.636. The maximum atomic E-state index is 2.53. The smallest absolute Gasteiger partial charge is 0.0173 e. The normalized spacial score (nSPS) is 47.2. The maximum absolute atomic E-state index is 2.53. The molecule has 4 aliphatic heterocycles. The zero-order valence-corrected chi connectivity index (χ0v) is 18.8. The highest BCUT2D eigenvalue weighted by molar-refractivity contribution is 7.73. The van der Waals surface area contributed by atoms with Crippen LogP contribution in [0.1, 0.15) is 69.2 Å². The van der Waals surface area contributed by atoms with Gasteiger partial charge in [0, 0.05) is 10.8 Å². The Morgan fingerprint density at radius 1 is 0.583 bits per heavy atom. The van der Waals surface area contributed by atoms with Gasteiger partial charge in [0.1, 0.15) is 0 Å². The highest BCUT2D eigenvalue weighted by Crippen LogP contribution is 2.86. The predicted molar refractivity (Wildman–Crippen MR) is 111 cm³/mol. The highest BCUT2D eigenvalue weighted by Gasteiger charge is 2.60. The monoisotopic (exact) mass is 358 g/mol. The van der Waals surface area contributed by atoms with E-state index in [0.29, 0.717) is 10.8 Å². The van der Waals surface area contributed by atoms with E-state index in [1.165, 1.54) is 0 Å². The lowest BCUT2D eigenvalue weighted by Gasteiger charge is -2.33. The minimum absolute atomic E-state index is 0.111. The molecule has 24 heavy (non-hydrogen) atoms. The second kappa shape index (κ2) is 4.75. The van der Waals surface area contributed by atoms with E-state index in [1.54, 1.807) is 32.9 Å². The molecule has 0 aromatic rings. The molecular formula is C22H32P2. The van der Waals surface area contributed by atoms with Crippen LogP contribution in [0, 0.1) is 10.8 Å². The van der Waals surface area contributed by atoms with Gasteiger partial charge in [-0.2, -0.15) is 0 Å². The molecule has 0 radical (unpaired) electrons. The number of hydrogen-bond donors (Lipinski definition) is 0. The van der Waals surface area contributed by atoms with E-state index in [0.717, 1.165) is 11.3 Å². The molecule has 0 saturated heterocycles. The molecule has 0 aromatic heterocycles. The van der Waals surface area contributed by atoms with Crippen molar-refractivity contribution in [2.75, 3.05) is 0 Å². The van der Waals surface area contributed by atoms with Crippen molar-refractivity contribution in [1.82, 2.24) is 0 Å². The van der Waals surface area contributed by atoms with E-state index in [-0.39, 0.29) is 15.8 Å². The van der Waals surface area contributed by atoms with Crippen LogP contribution >= 0.6 is 15.8 Å². The first-order valence-corrected chi connectivity index (χ1v) is 12.2. The molecule has 4 unspecified atom stereocenters. The third-order valence-corrected chi connectivity index (χ3v) is 15.7. The summed E-state index contributed by atoms with van der Waals surface area (Å²) in [4.78, 5) is 0. The van der Waals surface area contributed by atoms with Crippen molar-refractivity contribution in [1.29, 1.82) is 0 Å². The van der Waals surface area contributed by atoms with Gasteiger partial charge in [0.25, 0.3) is 0 Å². The van der Waals surface area contributed by atoms with Gasteiger partial charge in [-0.3, -0.25) is 0 Å². The van der Waals surface area contributed by atoms with E-state index >= 15 is 0 Å². The maximum Gasteiger partial charge on any atom is 0.0173 e. The zero-order chi connectivity index (χ0) is 17.9. The van der Waals surface area contributed by atoms with Crippen LogP contribution in [0.2, 0.25) is 0 Å². The molecule has 0 spiro atoms. The summed E-state index contributed by atoms with van der Waals surface area (Å²) in [6.07, 6.45) is 0. The second-order valence-corrected chi connectivity index (χ2v) is 14.1. The molecule has 4 heterocycles. The molecule has 0 fully saturated rings. The van der Waals surface area contributed by atoms with Crippen LogP contribution in [0.5, 0.6) is 0 Å². The van der Waals surface area contributed by atoms with Crippen molar-refractivity contribution in [2.24, 2.45) is 10.8 Å². The van der Waals surface area contributed by atoms with Crippen LogP contribution < -0.4 is 0 Å². The van der Waals surface area contributed by atoms with Gasteiger partial charge >= 0.3 is 0 Å². The predicted octanol–water partition coefficient (Wildman–Crippen LogP) is 7.93. The second-order valence-electron chi connectivity index (χ2n) is 8.86. The topological polar surface area (TPSA) is 0 Å². The molecule has 0 aromatic carbocycles. The van der Waals surface area contributed by atoms with E-state index in [2.05, 4.69) is 69.2 Å². The quantitative estimate of drug-likeness (QED) is 0.417. The minimum atomic E-state index is -0.111. The van der Waals surface area contributed by atoms with Crippen molar-refractivity contribution in [3.63, 3.8) is 0 Å². The van der Waals surface area contributed by atoms with Crippen LogP contribution in [-0.4, -0.2) is 11.3 Å². The number of allylic oxidation sites excluding steroid dienone is 8. The zero-order valence-electron chi connectivity index (χ0n) is 17.0. The van der Waals surface area contributed by atoms with Crippen molar-refractivity contribution < 1.29 is 0 Å². The summed E-state index contributed by atoms with van der Waals surface area (Å²) < 4.78 is 0. The molecule has 4 bridgehead atoms. The number of rotatable bonds is 1. The average molecular weight is 358 g/mol. The van der Waals surface area contributed by atoms with Crippen LogP contribution in [-0.2, 0) is 0 Å². The van der Waals surface area contributed by atoms with Crippen molar-refractivity contribution in [3.05, 3.63) is 43.5 Å². The molecule has 4 aliphatic rings. The summed E-state index contributed by atoms with van der Waals surface area (Å²) in [7, 11) is -0.222. The summed E-state index contributed by atoms with van der Waals surface area (Å²) in [5.74, 6) is 0. The summed E-state index contributed by atoms with van der Waals surface area (Å²) >= 11 is 0. The lowest BCUT2D eigenvalue weighted by atomic mass is 9.72. The van der Waals surface area contributed by atoms with Gasteiger partial charge in [-0.15, -0.1) is 0 Å². The lowest BCUT2D eigenvalue weighted by molar-refractivity contribution is 0.485. The highest BCUT2D eigenvalue weighted by atomic mass is 31.1. The number of fused-ring (bicyclic) bond motifs is 4. The molecule has 6 atom stereocenters. The SMILES string of the molecule is CC1=C(C)C2(C)C(C)=C(C3=C(C)[C@@]4(C)C(C)=C(C)[P@]3C4C)P1C2C. The van der Waals surface area contributed by atoms with E-state index in [1.807, 2.05) is 10.6 Å². The first-order valence-electron chi connectivity index (χ1n) is 9.39. The first kappa shape index (κ1) is 17.2. The average Bonchev–Trinajstić information content (AvgIpc) is 3.00. The Morgan fingerprint density at radius 2 is 0.875 bits per heavy atom. The first-order chi connectivity index (χ1) is 11.0. The van der Waals surface area contributed by atoms with Gasteiger partial charge in [-0.1, -0.05) is 50.0 Å². The van der Waals surface area contributed by atoms with Crippen LogP contribution in [0.4, 0.5) is 0 Å². The molecule has 0 nitrogen and oxygen atoms in total. The van der Waals surface area contributed by atoms with E-state index in [9.17, 15) is 0 Å². The van der Waals surface area contributed by atoms with Crippen molar-refractivity contribution >= 4 is 15.8 Å². The minimum Gasteiger partial charge on any atom is -0.0589 e. The summed E-state index contributed by atoms with van der Waals surface area (Å²) in [6.45, 7) is 24.7. The molecule has 130 valence electrons. The standard InChI is InChI=1S/C22H32P2/c1-11-15(5)23-17(7)21(11,9)13(3)19(23)20-14(4)22(10)12(2)16(6)24(20)18(22)8/h17-18H,1-10H3/t17?,18?,21-,22?,23-,24?/m1/s1. The van der Waals surface area contributed by atoms with Gasteiger partial charge < -0.3 is 0 Å². The summed E-state index contributed by atoms with van der Waals surface area (Å²) in [5, 5.41) is 7.12. The van der Waals surface area contributed by atoms with Gasteiger partial charge in [0.15, 0.2) is 0 Å². The van der Waals surface area contributed by atoms with Gasteiger partial charge in [0.2, 0.25) is 0 Å². The van der Waals surface area contributed by atoms with E-state index in [4.69, 9.17) is 0 Å². The molecule has 0 amide bonds. The third kappa shape index (κ3) is 1.48. The number of hydrogen-bond acceptors (Lipinski definition) is 0. The van der Waals surface area contributed by atoms with Gasteiger partial charge in [-0.25, -0.2) is 0 Å². The van der Waals surface area contributed by atoms with Crippen LogP contribution in [0.15, 0.2) is 43.5 Å². The Bertz CT molecular complexity index is 738. The van der Waals surface area contributed by atoms with Crippen molar-refractivity contribution in [2.45, 2.75) is 80.6 Å². The largest absolute Gasteiger partial charge is 0.0589 e. The molecule has 0 saturated carbocycles. The molecule has 0 N–H and O–H groups in total. The fourth-order valence-electron chi connectivity index (χ4n) is 6.19. The Morgan fingerprint density at radius 3 is 1.12 bits per heavy atom. The van der Waals surface area contributed by atoms with Crippen LogP contribution in [0.3, 0.4) is 0 Å². The third-order valence-electron chi connectivity index (χ3n) is 8.79. The molecule has 0 aliphatic carbocycles. The molecule has 2 heteroatoms. The molecular weight excluding hydrogens is 326 g/mol. The van der Waals surface area contributed by atoms with E-state index < -0.39 is 0 Å². The Kier molecular flexibility index (Phi) is 3.41. The van der Waals surface area contributed by atoms with Crippen molar-refractivity contribution in [3.8, 4) is 0 Å². The Labute approximate surface area is 151 Å². The van der Waals surface area contributed by atoms with Gasteiger partial charge in [-0.05, 0) is 90.0 Å². The Balaban J connectivity index is 1.95. The van der Waals surface area contributed by atoms with Gasteiger partial charge in [0.05, 0.1) is 0 Å². The summed E-state index contributed by atoms with van der Waals surface area (Å²) in [5.41, 5.74) is 9.04. The lowest BCUT2D eigenvalue weighted by Crippen LogP contribution is -2.24. The Hall–Kier alpha value is -0.180.